The van der Waals surface area contributed by atoms with E-state index in [4.69, 9.17) is 5.73 Å². The highest BCUT2D eigenvalue weighted by molar-refractivity contribution is 7.09. The quantitative estimate of drug-likeness (QED) is 0.835. The number of aromatic nitrogens is 1. The van der Waals surface area contributed by atoms with Crippen LogP contribution in [-0.2, 0) is 6.42 Å². The van der Waals surface area contributed by atoms with E-state index in [0.717, 1.165) is 12.3 Å². The van der Waals surface area contributed by atoms with E-state index in [9.17, 15) is 0 Å². The van der Waals surface area contributed by atoms with E-state index >= 15 is 0 Å². The van der Waals surface area contributed by atoms with Gasteiger partial charge in [0.05, 0.1) is 5.01 Å². The van der Waals surface area contributed by atoms with E-state index in [1.54, 1.807) is 11.3 Å². The highest BCUT2D eigenvalue weighted by Crippen LogP contribution is 2.29. The van der Waals surface area contributed by atoms with Crippen LogP contribution in [0.3, 0.4) is 0 Å². The Morgan fingerprint density at radius 2 is 2.27 bits per heavy atom. The van der Waals surface area contributed by atoms with Gasteiger partial charge in [0.2, 0.25) is 0 Å². The number of nitrogens with two attached hydrogens (primary N) is 1. The van der Waals surface area contributed by atoms with E-state index in [1.165, 1.54) is 43.5 Å². The third-order valence-electron chi connectivity index (χ3n) is 3.34. The summed E-state index contributed by atoms with van der Waals surface area (Å²) in [5.41, 5.74) is 6.11. The predicted octanol–water partition coefficient (Wildman–Crippen LogP) is 2.98. The van der Waals surface area contributed by atoms with Gasteiger partial charge in [0, 0.05) is 24.0 Å². The first-order valence-electron chi connectivity index (χ1n) is 5.98. The molecule has 1 saturated carbocycles. The average Bonchev–Trinajstić information content (AvgIpc) is 2.86. The topological polar surface area (TPSA) is 38.9 Å². The Kier molecular flexibility index (Phi) is 4.15. The minimum Gasteiger partial charge on any atom is -0.327 e. The molecule has 0 amide bonds. The van der Waals surface area contributed by atoms with E-state index in [1.807, 2.05) is 11.6 Å². The van der Waals surface area contributed by atoms with Crippen molar-refractivity contribution >= 4 is 11.3 Å². The number of nitrogens with zero attached hydrogens (tertiary/aromatic N) is 1. The van der Waals surface area contributed by atoms with Crippen LogP contribution in [0.25, 0.3) is 0 Å². The third-order valence-corrected chi connectivity index (χ3v) is 4.14. The first-order chi connectivity index (χ1) is 7.34. The van der Waals surface area contributed by atoms with Gasteiger partial charge in [0.1, 0.15) is 0 Å². The lowest BCUT2D eigenvalue weighted by Crippen LogP contribution is -2.23. The maximum absolute atomic E-state index is 6.11. The van der Waals surface area contributed by atoms with Crippen LogP contribution in [0.4, 0.5) is 0 Å². The molecule has 0 spiro atoms. The summed E-state index contributed by atoms with van der Waals surface area (Å²) >= 11 is 1.72. The normalized spacial score (nSPS) is 19.5. The van der Waals surface area contributed by atoms with Crippen molar-refractivity contribution in [2.24, 2.45) is 11.7 Å². The summed E-state index contributed by atoms with van der Waals surface area (Å²) in [6.07, 6.45) is 11.1. The summed E-state index contributed by atoms with van der Waals surface area (Å²) in [4.78, 5) is 4.27. The van der Waals surface area contributed by atoms with E-state index < -0.39 is 0 Å². The molecule has 2 N–H and O–H groups in total. The maximum Gasteiger partial charge on any atom is 0.0940 e. The van der Waals surface area contributed by atoms with Gasteiger partial charge in [-0.1, -0.05) is 25.7 Å². The summed E-state index contributed by atoms with van der Waals surface area (Å²) in [6, 6.07) is 0.316. The van der Waals surface area contributed by atoms with Gasteiger partial charge in [-0.15, -0.1) is 11.3 Å². The summed E-state index contributed by atoms with van der Waals surface area (Å²) in [5.74, 6) is 0.965. The lowest BCUT2D eigenvalue weighted by molar-refractivity contribution is 0.447. The van der Waals surface area contributed by atoms with Gasteiger partial charge in [0.25, 0.3) is 0 Å². The molecule has 3 heteroatoms. The van der Waals surface area contributed by atoms with Gasteiger partial charge in [0.15, 0.2) is 0 Å². The fourth-order valence-electron chi connectivity index (χ4n) is 2.43. The van der Waals surface area contributed by atoms with Crippen molar-refractivity contribution in [1.82, 2.24) is 4.98 Å². The molecular weight excluding hydrogens is 204 g/mol. The van der Waals surface area contributed by atoms with E-state index in [0.29, 0.717) is 6.04 Å². The minimum absolute atomic E-state index is 0.316. The van der Waals surface area contributed by atoms with Crippen LogP contribution >= 0.6 is 11.3 Å². The van der Waals surface area contributed by atoms with Gasteiger partial charge >= 0.3 is 0 Å². The molecular formula is C12H20N2S. The smallest absolute Gasteiger partial charge is 0.0940 e. The first kappa shape index (κ1) is 11.1. The molecule has 0 radical (unpaired) electrons. The molecule has 1 unspecified atom stereocenters. The van der Waals surface area contributed by atoms with Crippen molar-refractivity contribution in [2.75, 3.05) is 0 Å². The maximum atomic E-state index is 6.11. The first-order valence-corrected chi connectivity index (χ1v) is 6.86. The highest BCUT2D eigenvalue weighted by Gasteiger charge is 2.16. The minimum atomic E-state index is 0.316. The van der Waals surface area contributed by atoms with Crippen molar-refractivity contribution in [1.29, 1.82) is 0 Å². The van der Waals surface area contributed by atoms with Crippen LogP contribution in [0.5, 0.6) is 0 Å². The Labute approximate surface area is 95.9 Å². The molecule has 15 heavy (non-hydrogen) atoms. The van der Waals surface area contributed by atoms with Crippen LogP contribution in [0.1, 0.15) is 43.5 Å². The molecule has 1 atom stereocenters. The lowest BCUT2D eigenvalue weighted by Gasteiger charge is -2.13. The molecule has 0 aromatic carbocycles. The van der Waals surface area contributed by atoms with Crippen LogP contribution in [0, 0.1) is 5.92 Å². The summed E-state index contributed by atoms with van der Waals surface area (Å²) < 4.78 is 0. The second-order valence-electron chi connectivity index (χ2n) is 4.62. The molecule has 1 aromatic heterocycles. The van der Waals surface area contributed by atoms with Gasteiger partial charge in [-0.2, -0.15) is 0 Å². The van der Waals surface area contributed by atoms with Crippen molar-refractivity contribution in [2.45, 2.75) is 51.0 Å². The van der Waals surface area contributed by atoms with Crippen molar-refractivity contribution in [3.63, 3.8) is 0 Å². The highest BCUT2D eigenvalue weighted by atomic mass is 32.1. The second kappa shape index (κ2) is 5.61. The molecule has 0 saturated heterocycles. The van der Waals surface area contributed by atoms with Gasteiger partial charge in [-0.25, -0.2) is 4.98 Å². The van der Waals surface area contributed by atoms with Crippen LogP contribution in [0.15, 0.2) is 11.6 Å². The molecule has 1 fully saturated rings. The Hall–Kier alpha value is -0.410. The van der Waals surface area contributed by atoms with Crippen molar-refractivity contribution in [3.8, 4) is 0 Å². The zero-order chi connectivity index (χ0) is 10.5. The van der Waals surface area contributed by atoms with Crippen LogP contribution in [0.2, 0.25) is 0 Å². The van der Waals surface area contributed by atoms with E-state index in [-0.39, 0.29) is 0 Å². The molecule has 2 rings (SSSR count). The Morgan fingerprint density at radius 1 is 1.47 bits per heavy atom. The number of hydrogen-bond donors (Lipinski definition) is 1. The second-order valence-corrected chi connectivity index (χ2v) is 5.60. The van der Waals surface area contributed by atoms with Crippen LogP contribution < -0.4 is 5.73 Å². The number of thiazole rings is 1. The molecule has 2 nitrogen and oxygen atoms in total. The fraction of sp³-hybridized carbons (Fsp3) is 0.750. The SMILES string of the molecule is NC(CCC1CCCC1)Cc1nccs1. The molecule has 0 aliphatic heterocycles. The number of hydrogen-bond acceptors (Lipinski definition) is 3. The van der Waals surface area contributed by atoms with Crippen molar-refractivity contribution < 1.29 is 0 Å². The van der Waals surface area contributed by atoms with E-state index in [2.05, 4.69) is 4.98 Å². The molecule has 1 aliphatic carbocycles. The zero-order valence-electron chi connectivity index (χ0n) is 9.19. The Bertz CT molecular complexity index is 265. The molecule has 0 bridgehead atoms. The van der Waals surface area contributed by atoms with Gasteiger partial charge < -0.3 is 5.73 Å². The molecule has 1 aliphatic rings. The third kappa shape index (κ3) is 3.58. The molecule has 1 heterocycles. The molecule has 1 aromatic rings. The number of rotatable bonds is 5. The van der Waals surface area contributed by atoms with Gasteiger partial charge in [-0.3, -0.25) is 0 Å². The summed E-state index contributed by atoms with van der Waals surface area (Å²) in [5, 5.41) is 3.22. The van der Waals surface area contributed by atoms with Gasteiger partial charge in [-0.05, 0) is 18.8 Å². The molecule has 84 valence electrons. The summed E-state index contributed by atoms with van der Waals surface area (Å²) in [6.45, 7) is 0. The Morgan fingerprint density at radius 3 is 2.93 bits per heavy atom. The standard InChI is InChI=1S/C12H20N2S/c13-11(9-12-14-7-8-15-12)6-5-10-3-1-2-4-10/h7-8,10-11H,1-6,9,13H2. The average molecular weight is 224 g/mol. The Balaban J connectivity index is 1.66. The zero-order valence-corrected chi connectivity index (χ0v) is 10.0. The fourth-order valence-corrected chi connectivity index (χ4v) is 3.14. The van der Waals surface area contributed by atoms with Crippen molar-refractivity contribution in [3.05, 3.63) is 16.6 Å². The monoisotopic (exact) mass is 224 g/mol. The summed E-state index contributed by atoms with van der Waals surface area (Å²) in [7, 11) is 0. The van der Waals surface area contributed by atoms with Crippen LogP contribution in [-0.4, -0.2) is 11.0 Å². The lowest BCUT2D eigenvalue weighted by atomic mass is 9.98. The predicted molar refractivity (Wildman–Crippen MR) is 65.0 cm³/mol. The largest absolute Gasteiger partial charge is 0.327 e.